The summed E-state index contributed by atoms with van der Waals surface area (Å²) in [6.07, 6.45) is 0. The van der Waals surface area contributed by atoms with Gasteiger partial charge in [0.2, 0.25) is 15.0 Å². The monoisotopic (exact) mass is 450 g/mol. The van der Waals surface area contributed by atoms with Crippen molar-refractivity contribution in [3.63, 3.8) is 0 Å². The van der Waals surface area contributed by atoms with Gasteiger partial charge in [-0.3, -0.25) is 19.8 Å². The van der Waals surface area contributed by atoms with Crippen molar-refractivity contribution in [2.45, 2.75) is 18.4 Å². The Labute approximate surface area is 175 Å². The Morgan fingerprint density at radius 1 is 1.17 bits per heavy atom. The zero-order valence-electron chi connectivity index (χ0n) is 16.0. The van der Waals surface area contributed by atoms with Gasteiger partial charge in [0, 0.05) is 50.1 Å². The fourth-order valence-corrected chi connectivity index (χ4v) is 5.64. The molecule has 0 bridgehead atoms. The van der Waals surface area contributed by atoms with Gasteiger partial charge in [-0.25, -0.2) is 13.4 Å². The van der Waals surface area contributed by atoms with E-state index in [1.807, 2.05) is 0 Å². The minimum atomic E-state index is -3.72. The topological polar surface area (TPSA) is 131 Å². The number of hydrogen-bond donors (Lipinski definition) is 0. The van der Waals surface area contributed by atoms with E-state index in [1.54, 1.807) is 6.92 Å². The van der Waals surface area contributed by atoms with E-state index in [1.165, 1.54) is 50.5 Å². The number of non-ortho nitro benzene ring substituents is 1. The van der Waals surface area contributed by atoms with Gasteiger partial charge in [0.15, 0.2) is 0 Å². The van der Waals surface area contributed by atoms with Gasteiger partial charge in [-0.05, 0) is 19.1 Å². The van der Waals surface area contributed by atoms with Crippen LogP contribution in [0.25, 0.3) is 4.96 Å². The predicted octanol–water partition coefficient (Wildman–Crippen LogP) is 0.874. The Morgan fingerprint density at radius 2 is 1.83 bits per heavy atom. The van der Waals surface area contributed by atoms with Crippen LogP contribution in [0.2, 0.25) is 0 Å². The normalized spacial score (nSPS) is 16.2. The lowest BCUT2D eigenvalue weighted by molar-refractivity contribution is -0.384. The minimum absolute atomic E-state index is 0.0357. The van der Waals surface area contributed by atoms with Crippen LogP contribution in [0.3, 0.4) is 0 Å². The molecule has 2 aromatic heterocycles. The van der Waals surface area contributed by atoms with Crippen molar-refractivity contribution >= 4 is 32.0 Å². The first-order valence-corrected chi connectivity index (χ1v) is 11.3. The van der Waals surface area contributed by atoms with Crippen LogP contribution in [0.1, 0.15) is 10.7 Å². The summed E-state index contributed by atoms with van der Waals surface area (Å²) in [5.74, 6) is 0. The van der Waals surface area contributed by atoms with Crippen molar-refractivity contribution in [3.05, 3.63) is 61.5 Å². The summed E-state index contributed by atoms with van der Waals surface area (Å²) in [6, 6.07) is 6.32. The van der Waals surface area contributed by atoms with E-state index in [4.69, 9.17) is 0 Å². The second-order valence-corrected chi connectivity index (χ2v) is 9.84. The van der Waals surface area contributed by atoms with Gasteiger partial charge in [0.25, 0.3) is 11.2 Å². The van der Waals surface area contributed by atoms with Crippen molar-refractivity contribution < 1.29 is 13.3 Å². The van der Waals surface area contributed by atoms with Crippen molar-refractivity contribution in [3.8, 4) is 0 Å². The molecule has 30 heavy (non-hydrogen) atoms. The molecule has 1 aliphatic heterocycles. The molecule has 1 fully saturated rings. The number of nitro benzene ring substituents is 1. The number of rotatable bonds is 5. The molecule has 1 aliphatic rings. The summed E-state index contributed by atoms with van der Waals surface area (Å²) in [4.78, 5) is 29.1. The summed E-state index contributed by atoms with van der Waals surface area (Å²) >= 11 is 1.34. The largest absolute Gasteiger partial charge is 0.294 e. The van der Waals surface area contributed by atoms with E-state index < -0.39 is 14.9 Å². The van der Waals surface area contributed by atoms with Crippen LogP contribution in [0.5, 0.6) is 0 Å². The van der Waals surface area contributed by atoms with E-state index in [-0.39, 0.29) is 16.1 Å². The maximum absolute atomic E-state index is 12.8. The number of piperazine rings is 1. The van der Waals surface area contributed by atoms with Crippen LogP contribution in [0, 0.1) is 17.0 Å². The maximum atomic E-state index is 12.8. The Hall–Kier alpha value is -2.74. The zero-order valence-corrected chi connectivity index (χ0v) is 17.6. The van der Waals surface area contributed by atoms with E-state index >= 15 is 0 Å². The van der Waals surface area contributed by atoms with Crippen LogP contribution >= 0.6 is 11.3 Å². The molecular weight excluding hydrogens is 432 g/mol. The molecule has 0 N–H and O–H groups in total. The van der Waals surface area contributed by atoms with Crippen LogP contribution < -0.4 is 5.56 Å². The molecule has 1 saturated heterocycles. The van der Waals surface area contributed by atoms with Gasteiger partial charge in [-0.1, -0.05) is 11.3 Å². The molecule has 158 valence electrons. The van der Waals surface area contributed by atoms with Crippen LogP contribution in [-0.4, -0.2) is 63.3 Å². The highest BCUT2D eigenvalue weighted by molar-refractivity contribution is 7.89. The molecule has 0 saturated carbocycles. The van der Waals surface area contributed by atoms with Gasteiger partial charge in [-0.15, -0.1) is 0 Å². The average molecular weight is 451 g/mol. The van der Waals surface area contributed by atoms with Gasteiger partial charge in [0.05, 0.1) is 16.4 Å². The van der Waals surface area contributed by atoms with Crippen LogP contribution in [0.15, 0.2) is 40.0 Å². The minimum Gasteiger partial charge on any atom is -0.294 e. The molecule has 11 nitrogen and oxygen atoms in total. The zero-order chi connectivity index (χ0) is 21.5. The quantitative estimate of drug-likeness (QED) is 0.413. The Balaban J connectivity index is 1.42. The van der Waals surface area contributed by atoms with E-state index in [0.29, 0.717) is 43.4 Å². The standard InChI is InChI=1S/C17H18N6O5S2/c1-12-10-16(24)22-17(18-12)29-15(19-22)11-20-6-8-21(9-7-20)30(27,28)14-4-2-13(3-5-14)23(25)26/h2-5,10H,6-9,11H2,1H3. The molecule has 1 aromatic carbocycles. The van der Waals surface area contributed by atoms with Crippen molar-refractivity contribution in [2.24, 2.45) is 0 Å². The molecule has 13 heteroatoms. The molecule has 3 aromatic rings. The summed E-state index contributed by atoms with van der Waals surface area (Å²) in [5, 5.41) is 15.8. The molecule has 0 radical (unpaired) electrons. The fourth-order valence-electron chi connectivity index (χ4n) is 3.23. The molecule has 0 amide bonds. The fraction of sp³-hybridized carbons (Fsp3) is 0.353. The number of fused-ring (bicyclic) bond motifs is 1. The first-order valence-electron chi connectivity index (χ1n) is 9.07. The van der Waals surface area contributed by atoms with Gasteiger partial charge < -0.3 is 0 Å². The molecule has 0 spiro atoms. The lowest BCUT2D eigenvalue weighted by atomic mass is 10.3. The highest BCUT2D eigenvalue weighted by Crippen LogP contribution is 2.22. The molecule has 4 rings (SSSR count). The Morgan fingerprint density at radius 3 is 2.47 bits per heavy atom. The highest BCUT2D eigenvalue weighted by Gasteiger charge is 2.29. The molecule has 0 aliphatic carbocycles. The third-order valence-corrected chi connectivity index (χ3v) is 7.60. The molecule has 0 unspecified atom stereocenters. The van der Waals surface area contributed by atoms with Gasteiger partial charge in [0.1, 0.15) is 5.01 Å². The van der Waals surface area contributed by atoms with Crippen molar-refractivity contribution in [1.29, 1.82) is 0 Å². The third-order valence-electron chi connectivity index (χ3n) is 4.79. The van der Waals surface area contributed by atoms with Gasteiger partial charge in [-0.2, -0.15) is 13.9 Å². The van der Waals surface area contributed by atoms with E-state index in [9.17, 15) is 23.3 Å². The van der Waals surface area contributed by atoms with Crippen LogP contribution in [-0.2, 0) is 16.6 Å². The molecule has 3 heterocycles. The lowest BCUT2D eigenvalue weighted by Gasteiger charge is -2.33. The summed E-state index contributed by atoms with van der Waals surface area (Å²) in [7, 11) is -3.72. The summed E-state index contributed by atoms with van der Waals surface area (Å²) < 4.78 is 28.3. The van der Waals surface area contributed by atoms with Crippen molar-refractivity contribution in [1.82, 2.24) is 23.8 Å². The second kappa shape index (κ2) is 7.83. The Bertz CT molecular complexity index is 1260. The van der Waals surface area contributed by atoms with Crippen molar-refractivity contribution in [2.75, 3.05) is 26.2 Å². The van der Waals surface area contributed by atoms with Gasteiger partial charge >= 0.3 is 0 Å². The number of nitrogens with zero attached hydrogens (tertiary/aromatic N) is 6. The molecule has 0 atom stereocenters. The first-order chi connectivity index (χ1) is 14.2. The third kappa shape index (κ3) is 3.96. The number of aromatic nitrogens is 3. The molecular formula is C17H18N6O5S2. The van der Waals surface area contributed by atoms with E-state index in [0.717, 1.165) is 5.01 Å². The lowest BCUT2D eigenvalue weighted by Crippen LogP contribution is -2.48. The predicted molar refractivity (Wildman–Crippen MR) is 109 cm³/mol. The Kier molecular flexibility index (Phi) is 5.36. The average Bonchev–Trinajstić information content (AvgIpc) is 3.11. The van der Waals surface area contributed by atoms with Crippen LogP contribution in [0.4, 0.5) is 5.69 Å². The number of nitro groups is 1. The SMILES string of the molecule is Cc1cc(=O)n2nc(CN3CCN(S(=O)(=O)c4ccc([N+](=O)[O-])cc4)CC3)sc2n1. The summed E-state index contributed by atoms with van der Waals surface area (Å²) in [6.45, 7) is 3.85. The smallest absolute Gasteiger partial charge is 0.275 e. The highest BCUT2D eigenvalue weighted by atomic mass is 32.2. The number of hydrogen-bond acceptors (Lipinski definition) is 9. The summed E-state index contributed by atoms with van der Waals surface area (Å²) in [5.41, 5.74) is 0.262. The second-order valence-electron chi connectivity index (χ2n) is 6.86. The maximum Gasteiger partial charge on any atom is 0.275 e. The number of benzene rings is 1. The van der Waals surface area contributed by atoms with E-state index in [2.05, 4.69) is 15.0 Å². The number of sulfonamides is 1. The first kappa shape index (κ1) is 20.5. The number of aryl methyl sites for hydroxylation is 1.